The van der Waals surface area contributed by atoms with E-state index in [2.05, 4.69) is 5.32 Å². The number of sulfonamides is 1. The number of hydrogen-bond acceptors (Lipinski definition) is 4. The summed E-state index contributed by atoms with van der Waals surface area (Å²) in [5, 5.41) is 2.94. The van der Waals surface area contributed by atoms with Crippen molar-refractivity contribution in [2.24, 2.45) is 5.92 Å². The standard InChI is InChI=1S/C30H32Cl2F3N3O4S/c1-4-26(29(40)36-17-20(2)3)37(18-21-10-13-23(31)14-11-21)28(39)19-38(43(41,42)24-8-6-5-7-9-24)27-16-22(30(33,34)35)12-15-25(27)32/h5-16,20,26H,4,17-19H2,1-3H3,(H,36,40). The van der Waals surface area contributed by atoms with Crippen LogP contribution in [0.1, 0.15) is 38.3 Å². The Kier molecular flexibility index (Phi) is 11.5. The van der Waals surface area contributed by atoms with Crippen molar-refractivity contribution in [1.82, 2.24) is 10.2 Å². The summed E-state index contributed by atoms with van der Waals surface area (Å²) < 4.78 is 69.3. The average Bonchev–Trinajstić information content (AvgIpc) is 2.95. The Morgan fingerprint density at radius 3 is 2.14 bits per heavy atom. The highest BCUT2D eigenvalue weighted by atomic mass is 35.5. The minimum atomic E-state index is -4.81. The number of amides is 2. The number of benzene rings is 3. The molecule has 3 aromatic carbocycles. The fourth-order valence-electron chi connectivity index (χ4n) is 4.24. The zero-order valence-corrected chi connectivity index (χ0v) is 26.1. The van der Waals surface area contributed by atoms with Crippen molar-refractivity contribution < 1.29 is 31.2 Å². The second kappa shape index (κ2) is 14.5. The van der Waals surface area contributed by atoms with E-state index in [9.17, 15) is 31.2 Å². The van der Waals surface area contributed by atoms with Crippen LogP contribution in [-0.4, -0.2) is 44.3 Å². The summed E-state index contributed by atoms with van der Waals surface area (Å²) >= 11 is 12.3. The lowest BCUT2D eigenvalue weighted by Gasteiger charge is -2.33. The summed E-state index contributed by atoms with van der Waals surface area (Å²) in [6.07, 6.45) is -4.63. The van der Waals surface area contributed by atoms with Crippen LogP contribution in [0.4, 0.5) is 18.9 Å². The summed E-state index contributed by atoms with van der Waals surface area (Å²) in [4.78, 5) is 28.3. The van der Waals surface area contributed by atoms with Crippen molar-refractivity contribution in [3.8, 4) is 0 Å². The van der Waals surface area contributed by atoms with E-state index < -0.39 is 51.9 Å². The highest BCUT2D eigenvalue weighted by molar-refractivity contribution is 7.92. The van der Waals surface area contributed by atoms with Crippen LogP contribution in [0, 0.1) is 5.92 Å². The van der Waals surface area contributed by atoms with Crippen LogP contribution in [0.2, 0.25) is 10.0 Å². The number of nitrogens with one attached hydrogen (secondary N) is 1. The summed E-state index contributed by atoms with van der Waals surface area (Å²) in [5.41, 5.74) is -1.08. The molecule has 1 atom stereocenters. The zero-order valence-electron chi connectivity index (χ0n) is 23.7. The molecule has 43 heavy (non-hydrogen) atoms. The predicted molar refractivity (Wildman–Crippen MR) is 161 cm³/mol. The maximum atomic E-state index is 14.1. The first-order valence-electron chi connectivity index (χ1n) is 13.4. The van der Waals surface area contributed by atoms with Crippen molar-refractivity contribution in [3.63, 3.8) is 0 Å². The molecule has 0 bridgehead atoms. The maximum absolute atomic E-state index is 14.1. The number of anilines is 1. The molecule has 0 spiro atoms. The Labute approximate surface area is 259 Å². The van der Waals surface area contributed by atoms with Crippen molar-refractivity contribution in [2.75, 3.05) is 17.4 Å². The van der Waals surface area contributed by atoms with Crippen LogP contribution in [0.5, 0.6) is 0 Å². The van der Waals surface area contributed by atoms with Gasteiger partial charge in [0.25, 0.3) is 10.0 Å². The Bertz CT molecular complexity index is 1520. The van der Waals surface area contributed by atoms with Crippen molar-refractivity contribution >= 4 is 50.7 Å². The molecule has 0 aromatic heterocycles. The Morgan fingerprint density at radius 2 is 1.58 bits per heavy atom. The Hall–Kier alpha value is -3.28. The molecule has 0 saturated heterocycles. The monoisotopic (exact) mass is 657 g/mol. The van der Waals surface area contributed by atoms with Gasteiger partial charge in [0.15, 0.2) is 0 Å². The second-order valence-electron chi connectivity index (χ2n) is 10.2. The van der Waals surface area contributed by atoms with Crippen LogP contribution in [0.15, 0.2) is 77.7 Å². The number of alkyl halides is 3. The average molecular weight is 659 g/mol. The molecule has 0 aliphatic carbocycles. The fourth-order valence-corrected chi connectivity index (χ4v) is 6.08. The summed E-state index contributed by atoms with van der Waals surface area (Å²) in [7, 11) is -4.60. The van der Waals surface area contributed by atoms with Crippen LogP contribution >= 0.6 is 23.2 Å². The van der Waals surface area contributed by atoms with E-state index >= 15 is 0 Å². The smallest absolute Gasteiger partial charge is 0.354 e. The number of halogens is 5. The van der Waals surface area contributed by atoms with Gasteiger partial charge < -0.3 is 10.2 Å². The number of carbonyl (C=O) groups excluding carboxylic acids is 2. The summed E-state index contributed by atoms with van der Waals surface area (Å²) in [6, 6.07) is 14.7. The molecule has 1 unspecified atom stereocenters. The second-order valence-corrected chi connectivity index (χ2v) is 12.9. The van der Waals surface area contributed by atoms with E-state index in [0.29, 0.717) is 27.5 Å². The number of carbonyl (C=O) groups is 2. The quantitative estimate of drug-likeness (QED) is 0.232. The van der Waals surface area contributed by atoms with Crippen molar-refractivity contribution in [1.29, 1.82) is 0 Å². The van der Waals surface area contributed by atoms with E-state index in [1.54, 1.807) is 37.3 Å². The van der Waals surface area contributed by atoms with Crippen molar-refractivity contribution in [2.45, 2.75) is 50.9 Å². The van der Waals surface area contributed by atoms with Gasteiger partial charge in [-0.1, -0.05) is 74.3 Å². The largest absolute Gasteiger partial charge is 0.416 e. The first-order valence-corrected chi connectivity index (χ1v) is 15.6. The molecular weight excluding hydrogens is 626 g/mol. The molecule has 0 heterocycles. The molecule has 0 aliphatic rings. The predicted octanol–water partition coefficient (Wildman–Crippen LogP) is 6.79. The molecule has 1 N–H and O–H groups in total. The topological polar surface area (TPSA) is 86.8 Å². The van der Waals surface area contributed by atoms with Gasteiger partial charge in [-0.25, -0.2) is 8.42 Å². The third-order valence-electron chi connectivity index (χ3n) is 6.49. The van der Waals surface area contributed by atoms with E-state index in [0.717, 1.165) is 12.1 Å². The van der Waals surface area contributed by atoms with E-state index in [4.69, 9.17) is 23.2 Å². The molecule has 13 heteroatoms. The fraction of sp³-hybridized carbons (Fsp3) is 0.333. The molecule has 0 saturated carbocycles. The van der Waals surface area contributed by atoms with E-state index in [-0.39, 0.29) is 28.8 Å². The zero-order chi connectivity index (χ0) is 31.9. The first kappa shape index (κ1) is 34.2. The summed E-state index contributed by atoms with van der Waals surface area (Å²) in [5.74, 6) is -1.15. The van der Waals surface area contributed by atoms with Crippen LogP contribution in [0.25, 0.3) is 0 Å². The molecule has 0 aliphatic heterocycles. The minimum Gasteiger partial charge on any atom is -0.354 e. The minimum absolute atomic E-state index is 0.0981. The SMILES string of the molecule is CCC(C(=O)NCC(C)C)N(Cc1ccc(Cl)cc1)C(=O)CN(c1cc(C(F)(F)F)ccc1Cl)S(=O)(=O)c1ccccc1. The Balaban J connectivity index is 2.13. The number of hydrogen-bond donors (Lipinski definition) is 1. The van der Waals surface area contributed by atoms with Crippen LogP contribution in [-0.2, 0) is 32.3 Å². The van der Waals surface area contributed by atoms with E-state index in [1.165, 1.54) is 29.2 Å². The molecule has 7 nitrogen and oxygen atoms in total. The van der Waals surface area contributed by atoms with Crippen LogP contribution < -0.4 is 9.62 Å². The number of rotatable bonds is 12. The molecule has 2 amide bonds. The highest BCUT2D eigenvalue weighted by Crippen LogP contribution is 2.37. The van der Waals surface area contributed by atoms with E-state index in [1.807, 2.05) is 13.8 Å². The lowest BCUT2D eigenvalue weighted by Crippen LogP contribution is -2.52. The van der Waals surface area contributed by atoms with Crippen molar-refractivity contribution in [3.05, 3.63) is 94.0 Å². The molecule has 0 fully saturated rings. The first-order chi connectivity index (χ1) is 20.1. The van der Waals surface area contributed by atoms with Gasteiger partial charge in [0, 0.05) is 18.1 Å². The third-order valence-corrected chi connectivity index (χ3v) is 8.83. The molecule has 3 rings (SSSR count). The Morgan fingerprint density at radius 1 is 0.953 bits per heavy atom. The van der Waals surface area contributed by atoms with Gasteiger partial charge in [-0.2, -0.15) is 13.2 Å². The van der Waals surface area contributed by atoms with Gasteiger partial charge in [0.2, 0.25) is 11.8 Å². The molecule has 232 valence electrons. The number of nitrogens with zero attached hydrogens (tertiary/aromatic N) is 2. The van der Waals surface area contributed by atoms with Gasteiger partial charge in [-0.15, -0.1) is 0 Å². The lowest BCUT2D eigenvalue weighted by atomic mass is 10.1. The van der Waals surface area contributed by atoms with Gasteiger partial charge in [-0.3, -0.25) is 13.9 Å². The summed E-state index contributed by atoms with van der Waals surface area (Å²) in [6.45, 7) is 4.82. The molecule has 3 aromatic rings. The maximum Gasteiger partial charge on any atom is 0.416 e. The molecular formula is C30H32Cl2F3N3O4S. The molecule has 0 radical (unpaired) electrons. The lowest BCUT2D eigenvalue weighted by molar-refractivity contribution is -0.140. The highest BCUT2D eigenvalue weighted by Gasteiger charge is 2.37. The van der Waals surface area contributed by atoms with Gasteiger partial charge in [-0.05, 0) is 60.4 Å². The van der Waals surface area contributed by atoms with Gasteiger partial charge in [0.05, 0.1) is 21.2 Å². The van der Waals surface area contributed by atoms with Crippen LogP contribution in [0.3, 0.4) is 0 Å². The van der Waals surface area contributed by atoms with Gasteiger partial charge >= 0.3 is 6.18 Å². The normalized spacial score (nSPS) is 12.6. The third kappa shape index (κ3) is 8.87. The van der Waals surface area contributed by atoms with Gasteiger partial charge in [0.1, 0.15) is 12.6 Å².